The van der Waals surface area contributed by atoms with Crippen molar-refractivity contribution in [2.45, 2.75) is 13.1 Å². The van der Waals surface area contributed by atoms with Gasteiger partial charge in [0.25, 0.3) is 11.5 Å². The molecular weight excluding hydrogens is 496 g/mol. The highest BCUT2D eigenvalue weighted by molar-refractivity contribution is 6.30. The van der Waals surface area contributed by atoms with E-state index in [0.29, 0.717) is 27.8 Å². The average Bonchev–Trinajstić information content (AvgIpc) is 2.91. The third-order valence-corrected chi connectivity index (χ3v) is 5.95. The second kappa shape index (κ2) is 11.1. The number of methoxy groups -OCH3 is 2. The van der Waals surface area contributed by atoms with E-state index < -0.39 is 22.9 Å². The molecule has 4 aromatic rings. The van der Waals surface area contributed by atoms with Gasteiger partial charge in [-0.05, 0) is 35.4 Å². The van der Waals surface area contributed by atoms with Crippen molar-refractivity contribution < 1.29 is 14.3 Å². The Labute approximate surface area is 218 Å². The highest BCUT2D eigenvalue weighted by Gasteiger charge is 2.24. The Balaban J connectivity index is 1.86. The molecule has 0 aliphatic carbocycles. The smallest absolute Gasteiger partial charge is 0.352 e. The van der Waals surface area contributed by atoms with Crippen LogP contribution in [0.1, 0.15) is 21.6 Å². The number of nitrogens with zero attached hydrogens (tertiary/aromatic N) is 4. The molecular formula is C27H25ClN4O5. The van der Waals surface area contributed by atoms with Gasteiger partial charge in [0.1, 0.15) is 0 Å². The second-order valence-corrected chi connectivity index (χ2v) is 8.69. The van der Waals surface area contributed by atoms with E-state index >= 15 is 0 Å². The maximum Gasteiger partial charge on any atom is 0.352 e. The predicted molar refractivity (Wildman–Crippen MR) is 140 cm³/mol. The average molecular weight is 521 g/mol. The topological polar surface area (TPSA) is 95.7 Å². The first-order valence-corrected chi connectivity index (χ1v) is 11.7. The zero-order valence-corrected chi connectivity index (χ0v) is 21.3. The molecule has 10 heteroatoms. The highest BCUT2D eigenvalue weighted by atomic mass is 35.5. The van der Waals surface area contributed by atoms with Gasteiger partial charge < -0.3 is 14.4 Å². The minimum absolute atomic E-state index is 0.100. The normalized spacial score (nSPS) is 10.7. The van der Waals surface area contributed by atoms with Crippen LogP contribution in [-0.4, -0.2) is 46.4 Å². The molecule has 37 heavy (non-hydrogen) atoms. The summed E-state index contributed by atoms with van der Waals surface area (Å²) < 4.78 is 12.6. The summed E-state index contributed by atoms with van der Waals surface area (Å²) in [5.74, 6) is 0.184. The van der Waals surface area contributed by atoms with Crippen LogP contribution in [0.4, 0.5) is 0 Å². The summed E-state index contributed by atoms with van der Waals surface area (Å²) in [6.07, 6.45) is 0. The quantitative estimate of drug-likeness (QED) is 0.353. The fraction of sp³-hybridized carbons (Fsp3) is 0.185. The Bertz CT molecular complexity index is 1550. The van der Waals surface area contributed by atoms with Crippen LogP contribution in [0.15, 0.2) is 82.4 Å². The fourth-order valence-electron chi connectivity index (χ4n) is 3.84. The standard InChI is InChI=1S/C27H25ClN4O5/c1-30(16-18-8-5-4-6-9-18)25(33)24-26(34)31(17-19-10-7-11-20(28)14-19)27(35)32(29-24)21-12-13-22(36-2)23(15-21)37-3/h4-15H,16-17H2,1-3H3. The lowest BCUT2D eigenvalue weighted by molar-refractivity contribution is 0.0773. The first kappa shape index (κ1) is 25.7. The van der Waals surface area contributed by atoms with Crippen LogP contribution < -0.4 is 20.7 Å². The summed E-state index contributed by atoms with van der Waals surface area (Å²) in [7, 11) is 4.53. The molecule has 1 amide bonds. The summed E-state index contributed by atoms with van der Waals surface area (Å²) in [4.78, 5) is 41.7. The number of hydrogen-bond donors (Lipinski definition) is 0. The van der Waals surface area contributed by atoms with E-state index in [1.165, 1.54) is 19.1 Å². The Kier molecular flexibility index (Phi) is 7.74. The number of amides is 1. The van der Waals surface area contributed by atoms with Crippen LogP contribution in [-0.2, 0) is 13.1 Å². The molecule has 9 nitrogen and oxygen atoms in total. The van der Waals surface area contributed by atoms with Gasteiger partial charge in [-0.3, -0.25) is 14.2 Å². The molecule has 0 bridgehead atoms. The van der Waals surface area contributed by atoms with Crippen LogP contribution in [0.2, 0.25) is 5.02 Å². The lowest BCUT2D eigenvalue weighted by Gasteiger charge is -2.18. The minimum atomic E-state index is -0.799. The first-order chi connectivity index (χ1) is 17.8. The Morgan fingerprint density at radius 3 is 2.30 bits per heavy atom. The lowest BCUT2D eigenvalue weighted by atomic mass is 10.2. The van der Waals surface area contributed by atoms with E-state index in [4.69, 9.17) is 21.1 Å². The van der Waals surface area contributed by atoms with Crippen molar-refractivity contribution in [2.24, 2.45) is 0 Å². The van der Waals surface area contributed by atoms with Gasteiger partial charge in [0, 0.05) is 24.7 Å². The summed E-state index contributed by atoms with van der Waals surface area (Å²) in [5, 5.41) is 4.67. The molecule has 0 aliphatic rings. The van der Waals surface area contributed by atoms with Gasteiger partial charge in [-0.1, -0.05) is 54.1 Å². The zero-order chi connectivity index (χ0) is 26.5. The largest absolute Gasteiger partial charge is 0.493 e. The first-order valence-electron chi connectivity index (χ1n) is 11.3. The monoisotopic (exact) mass is 520 g/mol. The number of carbonyl (C=O) groups is 1. The van der Waals surface area contributed by atoms with Crippen LogP contribution in [0.25, 0.3) is 5.69 Å². The minimum Gasteiger partial charge on any atom is -0.493 e. The molecule has 0 N–H and O–H groups in total. The third kappa shape index (κ3) is 5.57. The van der Waals surface area contributed by atoms with Gasteiger partial charge in [-0.15, -0.1) is 0 Å². The van der Waals surface area contributed by atoms with E-state index in [1.807, 2.05) is 30.3 Å². The fourth-order valence-corrected chi connectivity index (χ4v) is 4.05. The maximum atomic E-state index is 13.5. The summed E-state index contributed by atoms with van der Waals surface area (Å²) in [6.45, 7) is 0.154. The molecule has 0 saturated carbocycles. The number of rotatable bonds is 8. The molecule has 0 saturated heterocycles. The molecule has 0 unspecified atom stereocenters. The number of benzene rings is 3. The molecule has 0 fully saturated rings. The van der Waals surface area contributed by atoms with Crippen molar-refractivity contribution in [2.75, 3.05) is 21.3 Å². The van der Waals surface area contributed by atoms with E-state index in [0.717, 1.165) is 14.8 Å². The molecule has 1 heterocycles. The second-order valence-electron chi connectivity index (χ2n) is 8.25. The Morgan fingerprint density at radius 1 is 0.919 bits per heavy atom. The van der Waals surface area contributed by atoms with Gasteiger partial charge in [-0.25, -0.2) is 4.79 Å². The van der Waals surface area contributed by atoms with Gasteiger partial charge in [-0.2, -0.15) is 9.78 Å². The summed E-state index contributed by atoms with van der Waals surface area (Å²) in [5.41, 5.74) is -0.123. The molecule has 4 rings (SSSR count). The highest BCUT2D eigenvalue weighted by Crippen LogP contribution is 2.28. The molecule has 0 spiro atoms. The van der Waals surface area contributed by atoms with Gasteiger partial charge in [0.2, 0.25) is 5.69 Å². The SMILES string of the molecule is COc1ccc(-n2nc(C(=O)N(C)Cc3ccccc3)c(=O)n(Cc3cccc(Cl)c3)c2=O)cc1OC. The number of hydrogen-bond acceptors (Lipinski definition) is 6. The molecule has 0 aliphatic heterocycles. The van der Waals surface area contributed by atoms with E-state index in [2.05, 4.69) is 5.10 Å². The van der Waals surface area contributed by atoms with E-state index in [9.17, 15) is 14.4 Å². The van der Waals surface area contributed by atoms with Crippen molar-refractivity contribution in [3.8, 4) is 17.2 Å². The van der Waals surface area contributed by atoms with Crippen LogP contribution >= 0.6 is 11.6 Å². The van der Waals surface area contributed by atoms with Gasteiger partial charge in [0.05, 0.1) is 26.5 Å². The number of ether oxygens (including phenoxy) is 2. The van der Waals surface area contributed by atoms with E-state index in [1.54, 1.807) is 49.5 Å². The van der Waals surface area contributed by atoms with Crippen LogP contribution in [0.5, 0.6) is 11.5 Å². The number of halogens is 1. The van der Waals surface area contributed by atoms with Crippen LogP contribution in [0.3, 0.4) is 0 Å². The van der Waals surface area contributed by atoms with Crippen molar-refractivity contribution in [3.63, 3.8) is 0 Å². The van der Waals surface area contributed by atoms with Crippen molar-refractivity contribution in [1.29, 1.82) is 0 Å². The Morgan fingerprint density at radius 2 is 1.62 bits per heavy atom. The molecule has 190 valence electrons. The summed E-state index contributed by atoms with van der Waals surface area (Å²) >= 11 is 6.11. The van der Waals surface area contributed by atoms with Gasteiger partial charge >= 0.3 is 5.69 Å². The van der Waals surface area contributed by atoms with Crippen molar-refractivity contribution in [3.05, 3.63) is 115 Å². The molecule has 0 atom stereocenters. The lowest BCUT2D eigenvalue weighted by Crippen LogP contribution is -2.46. The molecule has 3 aromatic carbocycles. The predicted octanol–water partition coefficient (Wildman–Crippen LogP) is 3.39. The summed E-state index contributed by atoms with van der Waals surface area (Å²) in [6, 6.07) is 20.9. The van der Waals surface area contributed by atoms with Crippen LogP contribution in [0, 0.1) is 0 Å². The number of carbonyl (C=O) groups excluding carboxylic acids is 1. The molecule has 0 radical (unpaired) electrons. The zero-order valence-electron chi connectivity index (χ0n) is 20.6. The number of aromatic nitrogens is 3. The van der Waals surface area contributed by atoms with Crippen molar-refractivity contribution >= 4 is 17.5 Å². The Hall–Kier alpha value is -4.37. The third-order valence-electron chi connectivity index (χ3n) is 5.71. The van der Waals surface area contributed by atoms with Gasteiger partial charge in [0.15, 0.2) is 11.5 Å². The van der Waals surface area contributed by atoms with E-state index in [-0.39, 0.29) is 13.1 Å². The van der Waals surface area contributed by atoms with Crippen molar-refractivity contribution in [1.82, 2.24) is 19.2 Å². The molecule has 1 aromatic heterocycles. The maximum absolute atomic E-state index is 13.5.